The molecule has 0 amide bonds. The van der Waals surface area contributed by atoms with Gasteiger partial charge in [-0.15, -0.1) is 0 Å². The van der Waals surface area contributed by atoms with Crippen molar-refractivity contribution in [1.82, 2.24) is 4.57 Å². The molecule has 1 heterocycles. The lowest BCUT2D eigenvalue weighted by Crippen LogP contribution is -2.11. The van der Waals surface area contributed by atoms with Gasteiger partial charge < -0.3 is 4.57 Å². The Morgan fingerprint density at radius 1 is 0.354 bits per heavy atom. The first-order chi connectivity index (χ1) is 31.5. The van der Waals surface area contributed by atoms with Crippen molar-refractivity contribution < 1.29 is 0 Å². The van der Waals surface area contributed by atoms with Crippen LogP contribution in [0.5, 0.6) is 0 Å². The summed E-state index contributed by atoms with van der Waals surface area (Å²) in [6.07, 6.45) is 8.85. The molecule has 0 atom stereocenters. The SMILES string of the molecule is CC(C)(C)c1ccc2c(-c3ccc(-c4ccc5c(c4)c4cc(-c6ccccc6)ccc4n5C4=CC=CCC4)cc3)c3cc(C(C)(C)C)ccc3c(-c3ccc(-c4ccccc4)cc3)c2c1. The maximum Gasteiger partial charge on any atom is 0.0538 e. The van der Waals surface area contributed by atoms with E-state index in [0.717, 1.165) is 12.8 Å². The van der Waals surface area contributed by atoms with Crippen molar-refractivity contribution in [1.29, 1.82) is 0 Å². The van der Waals surface area contributed by atoms with E-state index in [-0.39, 0.29) is 10.8 Å². The van der Waals surface area contributed by atoms with E-state index in [0.29, 0.717) is 0 Å². The van der Waals surface area contributed by atoms with Gasteiger partial charge >= 0.3 is 0 Å². The van der Waals surface area contributed by atoms with Crippen molar-refractivity contribution in [3.63, 3.8) is 0 Å². The average Bonchev–Trinajstić information content (AvgIpc) is 3.66. The molecule has 1 aliphatic carbocycles. The first kappa shape index (κ1) is 40.5. The molecule has 65 heavy (non-hydrogen) atoms. The monoisotopic (exact) mass is 837 g/mol. The second-order valence-electron chi connectivity index (χ2n) is 20.1. The van der Waals surface area contributed by atoms with Gasteiger partial charge in [0.25, 0.3) is 0 Å². The Morgan fingerprint density at radius 3 is 1.18 bits per heavy atom. The third-order valence-corrected chi connectivity index (χ3v) is 13.8. The summed E-state index contributed by atoms with van der Waals surface area (Å²) in [5.74, 6) is 0. The molecule has 1 heteroatoms. The minimum atomic E-state index is -0.00822. The average molecular weight is 838 g/mol. The van der Waals surface area contributed by atoms with E-state index in [1.165, 1.54) is 116 Å². The van der Waals surface area contributed by atoms with Gasteiger partial charge in [-0.1, -0.05) is 199 Å². The Balaban J connectivity index is 1.09. The van der Waals surface area contributed by atoms with E-state index in [1.54, 1.807) is 0 Å². The molecule has 0 spiro atoms. The van der Waals surface area contributed by atoms with E-state index < -0.39 is 0 Å². The van der Waals surface area contributed by atoms with Crippen molar-refractivity contribution in [3.8, 4) is 55.6 Å². The van der Waals surface area contributed by atoms with Crippen LogP contribution in [0.15, 0.2) is 200 Å². The highest BCUT2D eigenvalue weighted by molar-refractivity contribution is 6.22. The maximum absolute atomic E-state index is 2.49. The Kier molecular flexibility index (Phi) is 9.85. The quantitative estimate of drug-likeness (QED) is 0.147. The predicted molar refractivity (Wildman–Crippen MR) is 282 cm³/mol. The van der Waals surface area contributed by atoms with Crippen LogP contribution in [0.4, 0.5) is 0 Å². The standard InChI is InChI=1S/C64H55N/c1-63(2,3)50-33-35-54-57(40-50)61(46-26-22-44(23-27-46)42-16-10-7-11-17-42)53-34-32-51(64(4,5)6)41-58(53)62(54)47-28-24-45(25-29-47)49-31-37-60-56(39-49)55-38-48(43-18-12-8-13-19-43)30-36-59(55)65(60)52-20-14-9-15-21-52/h7-14,16-20,22-41H,15,21H2,1-6H3. The third kappa shape index (κ3) is 7.30. The van der Waals surface area contributed by atoms with Crippen LogP contribution in [0.3, 0.4) is 0 Å². The van der Waals surface area contributed by atoms with E-state index in [9.17, 15) is 0 Å². The van der Waals surface area contributed by atoms with Crippen molar-refractivity contribution >= 4 is 49.0 Å². The van der Waals surface area contributed by atoms with E-state index in [2.05, 4.69) is 246 Å². The van der Waals surface area contributed by atoms with Crippen molar-refractivity contribution in [2.24, 2.45) is 0 Å². The number of hydrogen-bond donors (Lipinski definition) is 0. The molecule has 0 N–H and O–H groups in total. The molecule has 9 aromatic carbocycles. The first-order valence-corrected chi connectivity index (χ1v) is 23.3. The van der Waals surface area contributed by atoms with E-state index >= 15 is 0 Å². The lowest BCUT2D eigenvalue weighted by Gasteiger charge is -2.25. The maximum atomic E-state index is 2.49. The molecule has 0 unspecified atom stereocenters. The van der Waals surface area contributed by atoms with Gasteiger partial charge in [-0.25, -0.2) is 0 Å². The first-order valence-electron chi connectivity index (χ1n) is 23.3. The second kappa shape index (κ2) is 15.8. The zero-order valence-corrected chi connectivity index (χ0v) is 38.4. The minimum absolute atomic E-state index is 0.00357. The van der Waals surface area contributed by atoms with Crippen LogP contribution in [-0.4, -0.2) is 4.57 Å². The molecule has 0 radical (unpaired) electrons. The summed E-state index contributed by atoms with van der Waals surface area (Å²) in [5.41, 5.74) is 18.9. The molecule has 1 aliphatic rings. The molecular formula is C64H55N. The Bertz CT molecular complexity index is 3490. The smallest absolute Gasteiger partial charge is 0.0538 e. The summed E-state index contributed by atoms with van der Waals surface area (Å²) in [7, 11) is 0. The lowest BCUT2D eigenvalue weighted by molar-refractivity contribution is 0.590. The molecule has 1 aromatic heterocycles. The molecule has 11 rings (SSSR count). The van der Waals surface area contributed by atoms with Crippen LogP contribution in [0.2, 0.25) is 0 Å². The Morgan fingerprint density at radius 2 is 0.754 bits per heavy atom. The van der Waals surface area contributed by atoms with Gasteiger partial charge in [-0.3, -0.25) is 0 Å². The second-order valence-corrected chi connectivity index (χ2v) is 20.1. The van der Waals surface area contributed by atoms with Crippen molar-refractivity contribution in [3.05, 3.63) is 211 Å². The normalized spacial score (nSPS) is 13.3. The van der Waals surface area contributed by atoms with Crippen LogP contribution in [0, 0.1) is 0 Å². The predicted octanol–water partition coefficient (Wildman–Crippen LogP) is 18.2. The van der Waals surface area contributed by atoms with Gasteiger partial charge in [0.15, 0.2) is 0 Å². The number of allylic oxidation sites excluding steroid dienone is 4. The molecular weight excluding hydrogens is 783 g/mol. The van der Waals surface area contributed by atoms with Crippen LogP contribution < -0.4 is 0 Å². The number of rotatable bonds is 6. The zero-order chi connectivity index (χ0) is 44.5. The van der Waals surface area contributed by atoms with Crippen molar-refractivity contribution in [2.45, 2.75) is 65.2 Å². The summed E-state index contributed by atoms with van der Waals surface area (Å²) in [5, 5.41) is 7.71. The van der Waals surface area contributed by atoms with Gasteiger partial charge in [0.05, 0.1) is 11.0 Å². The van der Waals surface area contributed by atoms with E-state index in [1.807, 2.05) is 0 Å². The van der Waals surface area contributed by atoms with Gasteiger partial charge in [0.2, 0.25) is 0 Å². The third-order valence-electron chi connectivity index (χ3n) is 13.8. The highest BCUT2D eigenvalue weighted by Crippen LogP contribution is 2.47. The van der Waals surface area contributed by atoms with Crippen LogP contribution in [0.25, 0.3) is 105 Å². The summed E-state index contributed by atoms with van der Waals surface area (Å²) < 4.78 is 2.49. The molecule has 0 fully saturated rings. The fraction of sp³-hybridized carbons (Fsp3) is 0.156. The molecule has 1 nitrogen and oxygen atoms in total. The summed E-state index contributed by atoms with van der Waals surface area (Å²) in [6.45, 7) is 13.9. The van der Waals surface area contributed by atoms with Crippen LogP contribution in [0.1, 0.15) is 65.5 Å². The molecule has 0 saturated heterocycles. The van der Waals surface area contributed by atoms with Crippen LogP contribution in [-0.2, 0) is 10.8 Å². The molecule has 316 valence electrons. The highest BCUT2D eigenvalue weighted by atomic mass is 15.0. The molecule has 0 saturated carbocycles. The zero-order valence-electron chi connectivity index (χ0n) is 38.4. The number of aromatic nitrogens is 1. The van der Waals surface area contributed by atoms with E-state index in [4.69, 9.17) is 0 Å². The minimum Gasteiger partial charge on any atom is -0.313 e. The Labute approximate surface area is 384 Å². The summed E-state index contributed by atoms with van der Waals surface area (Å²) in [4.78, 5) is 0. The fourth-order valence-corrected chi connectivity index (χ4v) is 10.2. The fourth-order valence-electron chi connectivity index (χ4n) is 10.2. The summed E-state index contributed by atoms with van der Waals surface area (Å²) >= 11 is 0. The Hall–Kier alpha value is -7.22. The molecule has 0 bridgehead atoms. The van der Waals surface area contributed by atoms with Gasteiger partial charge in [-0.05, 0) is 154 Å². The van der Waals surface area contributed by atoms with Crippen molar-refractivity contribution in [2.75, 3.05) is 0 Å². The van der Waals surface area contributed by atoms with Crippen LogP contribution >= 0.6 is 0 Å². The van der Waals surface area contributed by atoms with Gasteiger partial charge in [-0.2, -0.15) is 0 Å². The molecule has 10 aromatic rings. The number of benzene rings is 9. The number of nitrogens with zero attached hydrogens (tertiary/aromatic N) is 1. The molecule has 0 aliphatic heterocycles. The highest BCUT2D eigenvalue weighted by Gasteiger charge is 2.23. The summed E-state index contributed by atoms with van der Waals surface area (Å²) in [6, 6.07) is 68.6. The lowest BCUT2D eigenvalue weighted by atomic mass is 9.79. The number of fused-ring (bicyclic) bond motifs is 5. The largest absolute Gasteiger partial charge is 0.313 e. The number of hydrogen-bond acceptors (Lipinski definition) is 0. The topological polar surface area (TPSA) is 4.93 Å². The van der Waals surface area contributed by atoms with Gasteiger partial charge in [0, 0.05) is 16.5 Å². The van der Waals surface area contributed by atoms with Gasteiger partial charge in [0.1, 0.15) is 0 Å².